The van der Waals surface area contributed by atoms with E-state index in [9.17, 15) is 18.0 Å². The van der Waals surface area contributed by atoms with E-state index in [1.165, 1.54) is 6.26 Å². The van der Waals surface area contributed by atoms with Gasteiger partial charge >= 0.3 is 6.03 Å². The number of carbonyl (C=O) groups excluding carboxylic acids is 2. The fourth-order valence-electron chi connectivity index (χ4n) is 5.83. The maximum absolute atomic E-state index is 14.1. The Labute approximate surface area is 240 Å². The van der Waals surface area contributed by atoms with Crippen LogP contribution in [-0.4, -0.2) is 99.0 Å². The van der Waals surface area contributed by atoms with E-state index in [0.29, 0.717) is 44.2 Å². The molecule has 0 atom stereocenters. The SMILES string of the molecule is CN(C)CCN(C)C(=O)N1CC2(C1)C(=O)N(Cc1cc3cc(Cl)ccc3n1CCCS(C)(=O)=O)c1ccccc12. The quantitative estimate of drug-likeness (QED) is 0.384. The average molecular weight is 586 g/mol. The van der Waals surface area contributed by atoms with Gasteiger partial charge in [0.25, 0.3) is 0 Å². The highest BCUT2D eigenvalue weighted by atomic mass is 35.5. The minimum absolute atomic E-state index is 0.0142. The number of hydrogen-bond acceptors (Lipinski definition) is 5. The summed E-state index contributed by atoms with van der Waals surface area (Å²) in [6, 6.07) is 15.4. The predicted molar refractivity (Wildman–Crippen MR) is 159 cm³/mol. The molecule has 3 aromatic rings. The number of urea groups is 1. The van der Waals surface area contributed by atoms with Gasteiger partial charge in [0.2, 0.25) is 5.91 Å². The molecule has 1 aromatic heterocycles. The van der Waals surface area contributed by atoms with Crippen LogP contribution in [-0.2, 0) is 33.1 Å². The van der Waals surface area contributed by atoms with E-state index in [1.54, 1.807) is 16.8 Å². The molecule has 9 nitrogen and oxygen atoms in total. The third-order valence-corrected chi connectivity index (χ3v) is 9.20. The van der Waals surface area contributed by atoms with Gasteiger partial charge in [0.15, 0.2) is 0 Å². The molecule has 2 aromatic carbocycles. The molecule has 0 saturated carbocycles. The summed E-state index contributed by atoms with van der Waals surface area (Å²) in [5, 5.41) is 1.56. The molecule has 1 fully saturated rings. The molecular weight excluding hydrogens is 550 g/mol. The van der Waals surface area contributed by atoms with Gasteiger partial charge in [-0.3, -0.25) is 4.79 Å². The lowest BCUT2D eigenvalue weighted by Gasteiger charge is -2.47. The fraction of sp³-hybridized carbons (Fsp3) is 0.448. The number of amides is 3. The fourth-order valence-corrected chi connectivity index (χ4v) is 6.66. The van der Waals surface area contributed by atoms with Crippen molar-refractivity contribution >= 4 is 50.0 Å². The van der Waals surface area contributed by atoms with Crippen LogP contribution in [0.25, 0.3) is 10.9 Å². The highest BCUT2D eigenvalue weighted by Gasteiger charge is 2.59. The molecule has 2 aliphatic heterocycles. The first kappa shape index (κ1) is 28.4. The van der Waals surface area contributed by atoms with Crippen molar-refractivity contribution in [3.05, 3.63) is 64.8 Å². The molecule has 3 amide bonds. The van der Waals surface area contributed by atoms with E-state index in [1.807, 2.05) is 72.4 Å². The number of aromatic nitrogens is 1. The van der Waals surface area contributed by atoms with Crippen molar-refractivity contribution < 1.29 is 18.0 Å². The maximum atomic E-state index is 14.1. The van der Waals surface area contributed by atoms with Crippen LogP contribution >= 0.6 is 11.6 Å². The number of sulfone groups is 1. The number of carbonyl (C=O) groups is 2. The van der Waals surface area contributed by atoms with Gasteiger partial charge in [0.05, 0.1) is 12.3 Å². The monoisotopic (exact) mass is 585 g/mol. The normalized spacial score (nSPS) is 16.2. The first-order valence-electron chi connectivity index (χ1n) is 13.4. The van der Waals surface area contributed by atoms with Gasteiger partial charge in [-0.25, -0.2) is 13.2 Å². The summed E-state index contributed by atoms with van der Waals surface area (Å²) in [5.41, 5.74) is 2.89. The van der Waals surface area contributed by atoms with Gasteiger partial charge in [0, 0.05) is 73.3 Å². The van der Waals surface area contributed by atoms with E-state index < -0.39 is 15.3 Å². The first-order valence-corrected chi connectivity index (χ1v) is 15.9. The molecule has 0 radical (unpaired) electrons. The van der Waals surface area contributed by atoms with E-state index in [4.69, 9.17) is 11.6 Å². The highest BCUT2D eigenvalue weighted by molar-refractivity contribution is 7.90. The van der Waals surface area contributed by atoms with Crippen LogP contribution in [0.5, 0.6) is 0 Å². The van der Waals surface area contributed by atoms with Gasteiger partial charge in [-0.1, -0.05) is 29.8 Å². The van der Waals surface area contributed by atoms with E-state index >= 15 is 0 Å². The number of para-hydroxylation sites is 1. The lowest BCUT2D eigenvalue weighted by atomic mass is 9.75. The van der Waals surface area contributed by atoms with E-state index in [2.05, 4.69) is 4.57 Å². The zero-order chi connectivity index (χ0) is 28.8. The Morgan fingerprint density at radius 3 is 2.48 bits per heavy atom. The molecular formula is C29H36ClN5O4S. The Morgan fingerprint density at radius 1 is 1.05 bits per heavy atom. The van der Waals surface area contributed by atoms with Crippen molar-refractivity contribution in [2.45, 2.75) is 24.9 Å². The number of likely N-dealkylation sites (tertiary alicyclic amines) is 1. The molecule has 1 spiro atoms. The van der Waals surface area contributed by atoms with Crippen molar-refractivity contribution in [1.82, 2.24) is 19.3 Å². The molecule has 40 heavy (non-hydrogen) atoms. The van der Waals surface area contributed by atoms with Crippen LogP contribution in [0.4, 0.5) is 10.5 Å². The summed E-state index contributed by atoms with van der Waals surface area (Å²) in [6.07, 6.45) is 1.71. The number of rotatable bonds is 9. The average Bonchev–Trinajstić information content (AvgIpc) is 3.32. The molecule has 0 unspecified atom stereocenters. The second-order valence-corrected chi connectivity index (χ2v) is 14.0. The minimum atomic E-state index is -3.10. The lowest BCUT2D eigenvalue weighted by Crippen LogP contribution is -2.67. The van der Waals surface area contributed by atoms with Gasteiger partial charge in [-0.2, -0.15) is 0 Å². The predicted octanol–water partition coefficient (Wildman–Crippen LogP) is 3.44. The number of nitrogens with zero attached hydrogens (tertiary/aromatic N) is 5. The second kappa shape index (κ2) is 10.7. The number of likely N-dealkylation sites (N-methyl/N-ethyl adjacent to an activating group) is 2. The number of hydrogen-bond donors (Lipinski definition) is 0. The summed E-state index contributed by atoms with van der Waals surface area (Å²) >= 11 is 6.27. The third-order valence-electron chi connectivity index (χ3n) is 7.93. The summed E-state index contributed by atoms with van der Waals surface area (Å²) in [4.78, 5) is 34.5. The lowest BCUT2D eigenvalue weighted by molar-refractivity contribution is -0.128. The molecule has 1 saturated heterocycles. The van der Waals surface area contributed by atoms with Crippen molar-refractivity contribution in [2.75, 3.05) is 64.2 Å². The van der Waals surface area contributed by atoms with Crippen molar-refractivity contribution in [1.29, 1.82) is 0 Å². The Morgan fingerprint density at radius 2 is 1.77 bits per heavy atom. The molecule has 0 bridgehead atoms. The van der Waals surface area contributed by atoms with Crippen LogP contribution in [0.1, 0.15) is 17.7 Å². The molecule has 214 valence electrons. The van der Waals surface area contributed by atoms with Crippen LogP contribution in [0.2, 0.25) is 5.02 Å². The van der Waals surface area contributed by atoms with Crippen LogP contribution in [0.3, 0.4) is 0 Å². The first-order chi connectivity index (χ1) is 18.9. The maximum Gasteiger partial charge on any atom is 0.319 e. The smallest absolute Gasteiger partial charge is 0.319 e. The Hall–Kier alpha value is -3.08. The zero-order valence-electron chi connectivity index (χ0n) is 23.4. The zero-order valence-corrected chi connectivity index (χ0v) is 25.0. The molecule has 11 heteroatoms. The molecule has 0 N–H and O–H groups in total. The number of halogens is 1. The molecule has 5 rings (SSSR count). The van der Waals surface area contributed by atoms with E-state index in [0.717, 1.165) is 34.4 Å². The topological polar surface area (TPSA) is 86.2 Å². The Kier molecular flexibility index (Phi) is 7.62. The number of benzene rings is 2. The Bertz CT molecular complexity index is 1560. The van der Waals surface area contributed by atoms with Crippen molar-refractivity contribution in [2.24, 2.45) is 0 Å². The number of anilines is 1. The molecule has 0 aliphatic carbocycles. The highest BCUT2D eigenvalue weighted by Crippen LogP contribution is 2.48. The van der Waals surface area contributed by atoms with Crippen LogP contribution in [0, 0.1) is 0 Å². The summed E-state index contributed by atoms with van der Waals surface area (Å²) in [6.45, 7) is 2.90. The molecule has 3 heterocycles. The summed E-state index contributed by atoms with van der Waals surface area (Å²) in [5.74, 6) is 0.0703. The van der Waals surface area contributed by atoms with Gasteiger partial charge in [0.1, 0.15) is 15.3 Å². The van der Waals surface area contributed by atoms with Crippen molar-refractivity contribution in [3.8, 4) is 0 Å². The largest absolute Gasteiger partial charge is 0.343 e. The summed E-state index contributed by atoms with van der Waals surface area (Å²) in [7, 11) is 2.64. The summed E-state index contributed by atoms with van der Waals surface area (Å²) < 4.78 is 25.7. The third kappa shape index (κ3) is 5.32. The standard InChI is InChI=1S/C29H36ClN5O4S/c1-31(2)13-14-32(3)28(37)33-19-29(20-33)24-8-5-6-9-26(24)35(27(29)36)18-23-17-21-16-22(30)10-11-25(21)34(23)12-7-15-40(4,38)39/h5-6,8-11,16-17H,7,12-15,18-20H2,1-4H3. The van der Waals surface area contributed by atoms with E-state index in [-0.39, 0.29) is 17.7 Å². The van der Waals surface area contributed by atoms with Gasteiger partial charge in [-0.15, -0.1) is 0 Å². The Balaban J connectivity index is 1.41. The second-order valence-electron chi connectivity index (χ2n) is 11.3. The molecule has 2 aliphatic rings. The number of fused-ring (bicyclic) bond motifs is 3. The van der Waals surface area contributed by atoms with Crippen LogP contribution in [0.15, 0.2) is 48.5 Å². The number of aryl methyl sites for hydroxylation is 1. The van der Waals surface area contributed by atoms with Crippen LogP contribution < -0.4 is 4.90 Å². The minimum Gasteiger partial charge on any atom is -0.343 e. The van der Waals surface area contributed by atoms with Crippen molar-refractivity contribution in [3.63, 3.8) is 0 Å². The van der Waals surface area contributed by atoms with Gasteiger partial charge in [-0.05, 0) is 56.4 Å². The van der Waals surface area contributed by atoms with Gasteiger partial charge < -0.3 is 24.2 Å².